The molecule has 0 aliphatic rings. The fourth-order valence-electron chi connectivity index (χ4n) is 2.69. The van der Waals surface area contributed by atoms with Crippen LogP contribution in [0.25, 0.3) is 10.8 Å². The molecule has 0 saturated carbocycles. The van der Waals surface area contributed by atoms with Crippen LogP contribution >= 0.6 is 0 Å². The monoisotopic (exact) mass is 300 g/mol. The first-order chi connectivity index (χ1) is 10.5. The molecule has 0 saturated heterocycles. The van der Waals surface area contributed by atoms with Crippen LogP contribution in [0, 0.1) is 0 Å². The van der Waals surface area contributed by atoms with Gasteiger partial charge in [0.1, 0.15) is 5.75 Å². The van der Waals surface area contributed by atoms with Crippen molar-refractivity contribution in [2.24, 2.45) is 5.73 Å². The maximum atomic E-state index is 12.3. The van der Waals surface area contributed by atoms with E-state index >= 15 is 0 Å². The van der Waals surface area contributed by atoms with E-state index in [2.05, 4.69) is 5.32 Å². The predicted octanol–water partition coefficient (Wildman–Crippen LogP) is 2.98. The summed E-state index contributed by atoms with van der Waals surface area (Å²) in [5.41, 5.74) is 6.21. The van der Waals surface area contributed by atoms with Gasteiger partial charge < -0.3 is 15.8 Å². The molecule has 1 unspecified atom stereocenters. The Morgan fingerprint density at radius 1 is 1.27 bits per heavy atom. The molecule has 2 aromatic rings. The second-order valence-corrected chi connectivity index (χ2v) is 5.82. The lowest BCUT2D eigenvalue weighted by Crippen LogP contribution is -2.51. The first-order valence-electron chi connectivity index (χ1n) is 7.61. The van der Waals surface area contributed by atoms with Crippen LogP contribution in [0.1, 0.15) is 32.3 Å². The second-order valence-electron chi connectivity index (χ2n) is 5.82. The molecule has 0 spiro atoms. The molecule has 4 nitrogen and oxygen atoms in total. The van der Waals surface area contributed by atoms with Crippen molar-refractivity contribution in [3.8, 4) is 5.75 Å². The quantitative estimate of drug-likeness (QED) is 0.862. The van der Waals surface area contributed by atoms with Crippen LogP contribution in [0.5, 0.6) is 5.75 Å². The van der Waals surface area contributed by atoms with Crippen LogP contribution in [0.4, 0.5) is 0 Å². The number of nitrogens with two attached hydrogens (primary N) is 1. The number of ether oxygens (including phenoxy) is 1. The topological polar surface area (TPSA) is 64.4 Å². The zero-order valence-electron chi connectivity index (χ0n) is 13.5. The molecule has 1 amide bonds. The number of fused-ring (bicyclic) bond motifs is 1. The molecule has 4 heteroatoms. The van der Waals surface area contributed by atoms with Gasteiger partial charge in [-0.3, -0.25) is 4.79 Å². The summed E-state index contributed by atoms with van der Waals surface area (Å²) in [4.78, 5) is 12.3. The number of methoxy groups -OCH3 is 1. The zero-order valence-corrected chi connectivity index (χ0v) is 13.5. The maximum absolute atomic E-state index is 12.3. The lowest BCUT2D eigenvalue weighted by atomic mass is 9.96. The number of amides is 1. The van der Waals surface area contributed by atoms with Gasteiger partial charge in [0.2, 0.25) is 5.91 Å². The van der Waals surface area contributed by atoms with Crippen molar-refractivity contribution in [2.75, 3.05) is 7.11 Å². The number of benzene rings is 2. The Kier molecular flexibility index (Phi) is 5.03. The number of hydrogen-bond acceptors (Lipinski definition) is 3. The van der Waals surface area contributed by atoms with Crippen LogP contribution < -0.4 is 15.8 Å². The molecule has 0 aromatic heterocycles. The van der Waals surface area contributed by atoms with Gasteiger partial charge in [-0.25, -0.2) is 0 Å². The molecule has 0 radical (unpaired) electrons. The summed E-state index contributed by atoms with van der Waals surface area (Å²) in [7, 11) is 1.64. The molecule has 3 N–H and O–H groups in total. The van der Waals surface area contributed by atoms with Gasteiger partial charge >= 0.3 is 0 Å². The fraction of sp³-hybridized carbons (Fsp3) is 0.389. The molecular weight excluding hydrogens is 276 g/mol. The Morgan fingerprint density at radius 3 is 2.68 bits per heavy atom. The highest BCUT2D eigenvalue weighted by Crippen LogP contribution is 2.27. The molecule has 118 valence electrons. The van der Waals surface area contributed by atoms with Crippen molar-refractivity contribution in [2.45, 2.75) is 38.8 Å². The largest absolute Gasteiger partial charge is 0.496 e. The Morgan fingerprint density at radius 2 is 2.00 bits per heavy atom. The molecule has 2 aromatic carbocycles. The van der Waals surface area contributed by atoms with Gasteiger partial charge in [-0.15, -0.1) is 0 Å². The molecule has 2 rings (SSSR count). The van der Waals surface area contributed by atoms with E-state index in [1.165, 1.54) is 0 Å². The van der Waals surface area contributed by atoms with E-state index in [1.807, 2.05) is 43.3 Å². The third kappa shape index (κ3) is 3.39. The van der Waals surface area contributed by atoms with Crippen molar-refractivity contribution in [3.63, 3.8) is 0 Å². The standard InChI is InChI=1S/C18H24N2O2/c1-4-11-18(2,19)17(21)20-12-15-14-8-6-5-7-13(14)9-10-16(15)22-3/h5-10H,4,11-12,19H2,1-3H3,(H,20,21). The minimum atomic E-state index is -0.841. The van der Waals surface area contributed by atoms with Gasteiger partial charge in [0.05, 0.1) is 12.6 Å². The predicted molar refractivity (Wildman–Crippen MR) is 89.8 cm³/mol. The van der Waals surface area contributed by atoms with Crippen molar-refractivity contribution < 1.29 is 9.53 Å². The second kappa shape index (κ2) is 6.79. The van der Waals surface area contributed by atoms with E-state index < -0.39 is 5.54 Å². The summed E-state index contributed by atoms with van der Waals surface area (Å²) >= 11 is 0. The van der Waals surface area contributed by atoms with Crippen molar-refractivity contribution in [1.29, 1.82) is 0 Å². The number of nitrogens with one attached hydrogen (secondary N) is 1. The molecule has 0 aliphatic carbocycles. The summed E-state index contributed by atoms with van der Waals surface area (Å²) in [6, 6.07) is 12.0. The lowest BCUT2D eigenvalue weighted by molar-refractivity contribution is -0.126. The molecule has 0 bridgehead atoms. The molecule has 0 aliphatic heterocycles. The Hall–Kier alpha value is -2.07. The fourth-order valence-corrected chi connectivity index (χ4v) is 2.69. The summed E-state index contributed by atoms with van der Waals surface area (Å²) in [6.07, 6.45) is 1.53. The minimum absolute atomic E-state index is 0.135. The normalized spacial score (nSPS) is 13.6. The highest BCUT2D eigenvalue weighted by atomic mass is 16.5. The first kappa shape index (κ1) is 16.3. The molecule has 0 heterocycles. The zero-order chi connectivity index (χ0) is 16.2. The van der Waals surface area contributed by atoms with Gasteiger partial charge in [0.15, 0.2) is 0 Å². The number of carbonyl (C=O) groups is 1. The van der Waals surface area contributed by atoms with E-state index in [4.69, 9.17) is 10.5 Å². The first-order valence-corrected chi connectivity index (χ1v) is 7.61. The highest BCUT2D eigenvalue weighted by Gasteiger charge is 2.27. The van der Waals surface area contributed by atoms with Gasteiger partial charge in [0.25, 0.3) is 0 Å². The summed E-state index contributed by atoms with van der Waals surface area (Å²) in [5.74, 6) is 0.637. The summed E-state index contributed by atoms with van der Waals surface area (Å²) in [6.45, 7) is 4.19. The van der Waals surface area contributed by atoms with Crippen molar-refractivity contribution >= 4 is 16.7 Å². The van der Waals surface area contributed by atoms with Crippen LogP contribution in [0.3, 0.4) is 0 Å². The Balaban J connectivity index is 2.26. The number of hydrogen-bond donors (Lipinski definition) is 2. The number of carbonyl (C=O) groups excluding carboxylic acids is 1. The van der Waals surface area contributed by atoms with Crippen LogP contribution in [-0.4, -0.2) is 18.6 Å². The van der Waals surface area contributed by atoms with Gasteiger partial charge in [0, 0.05) is 12.1 Å². The highest BCUT2D eigenvalue weighted by molar-refractivity contribution is 5.89. The molecular formula is C18H24N2O2. The van der Waals surface area contributed by atoms with Crippen LogP contribution in [0.15, 0.2) is 36.4 Å². The van der Waals surface area contributed by atoms with Crippen molar-refractivity contribution in [3.05, 3.63) is 42.0 Å². The average molecular weight is 300 g/mol. The molecule has 22 heavy (non-hydrogen) atoms. The third-order valence-corrected chi connectivity index (χ3v) is 3.93. The summed E-state index contributed by atoms with van der Waals surface area (Å²) < 4.78 is 5.44. The lowest BCUT2D eigenvalue weighted by Gasteiger charge is -2.23. The van der Waals surface area contributed by atoms with E-state index in [9.17, 15) is 4.79 Å². The number of rotatable bonds is 6. The Bertz CT molecular complexity index is 665. The van der Waals surface area contributed by atoms with Crippen molar-refractivity contribution in [1.82, 2.24) is 5.32 Å². The molecule has 1 atom stereocenters. The summed E-state index contributed by atoms with van der Waals surface area (Å²) in [5, 5.41) is 5.15. The van der Waals surface area contributed by atoms with Gasteiger partial charge in [-0.05, 0) is 30.2 Å². The maximum Gasteiger partial charge on any atom is 0.240 e. The van der Waals surface area contributed by atoms with Crippen LogP contribution in [-0.2, 0) is 11.3 Å². The van der Waals surface area contributed by atoms with Crippen LogP contribution in [0.2, 0.25) is 0 Å². The minimum Gasteiger partial charge on any atom is -0.496 e. The average Bonchev–Trinajstić information content (AvgIpc) is 2.51. The van der Waals surface area contributed by atoms with E-state index in [1.54, 1.807) is 14.0 Å². The Labute approximate surface area is 131 Å². The SMILES string of the molecule is CCCC(C)(N)C(=O)NCc1c(OC)ccc2ccccc12. The van der Waals surface area contributed by atoms with Gasteiger partial charge in [-0.1, -0.05) is 43.7 Å². The van der Waals surface area contributed by atoms with E-state index in [0.717, 1.165) is 28.5 Å². The van der Waals surface area contributed by atoms with E-state index in [-0.39, 0.29) is 5.91 Å². The van der Waals surface area contributed by atoms with Gasteiger partial charge in [-0.2, -0.15) is 0 Å². The smallest absolute Gasteiger partial charge is 0.240 e. The molecule has 0 fully saturated rings. The van der Waals surface area contributed by atoms with E-state index in [0.29, 0.717) is 13.0 Å². The third-order valence-electron chi connectivity index (χ3n) is 3.93.